The smallest absolute Gasteiger partial charge is 0.310 e. The molecule has 0 aromatic rings. The van der Waals surface area contributed by atoms with E-state index in [1.54, 1.807) is 0 Å². The maximum Gasteiger partial charge on any atom is 0.310 e. The first-order chi connectivity index (χ1) is 7.33. The summed E-state index contributed by atoms with van der Waals surface area (Å²) in [4.78, 5) is 11.6. The van der Waals surface area contributed by atoms with Gasteiger partial charge in [0.05, 0.1) is 12.5 Å². The number of carbonyl (C=O) groups excluding carboxylic acids is 1. The lowest BCUT2D eigenvalue weighted by Crippen LogP contribution is -2.43. The van der Waals surface area contributed by atoms with Gasteiger partial charge in [-0.2, -0.15) is 0 Å². The summed E-state index contributed by atoms with van der Waals surface area (Å²) in [5.41, 5.74) is 0. The van der Waals surface area contributed by atoms with E-state index in [2.05, 4.69) is 12.2 Å². The third kappa shape index (κ3) is 2.32. The Kier molecular flexibility index (Phi) is 3.59. The molecule has 1 saturated carbocycles. The third-order valence-electron chi connectivity index (χ3n) is 3.23. The molecular weight excluding hydrogens is 194 g/mol. The lowest BCUT2D eigenvalue weighted by atomic mass is 9.74. The molecule has 0 amide bonds. The van der Waals surface area contributed by atoms with Crippen molar-refractivity contribution < 1.29 is 14.3 Å². The highest BCUT2D eigenvalue weighted by Gasteiger charge is 2.51. The fourth-order valence-electron chi connectivity index (χ4n) is 2.38. The Balaban J connectivity index is 1.57. The molecule has 2 bridgehead atoms. The van der Waals surface area contributed by atoms with Crippen molar-refractivity contribution in [1.82, 2.24) is 5.32 Å². The minimum atomic E-state index is -0.0404. The van der Waals surface area contributed by atoms with Crippen molar-refractivity contribution in [2.45, 2.75) is 25.8 Å². The van der Waals surface area contributed by atoms with E-state index in [1.165, 1.54) is 0 Å². The largest absolute Gasteiger partial charge is 0.463 e. The second-order valence-corrected chi connectivity index (χ2v) is 4.32. The summed E-state index contributed by atoms with van der Waals surface area (Å²) >= 11 is 0. The van der Waals surface area contributed by atoms with Crippen LogP contribution in [0.2, 0.25) is 0 Å². The normalized spacial score (nSPS) is 32.5. The molecule has 0 aromatic heterocycles. The molecule has 3 atom stereocenters. The highest BCUT2D eigenvalue weighted by atomic mass is 16.6. The summed E-state index contributed by atoms with van der Waals surface area (Å²) in [6.07, 6.45) is 2.15. The van der Waals surface area contributed by atoms with Crippen LogP contribution in [0.15, 0.2) is 0 Å². The van der Waals surface area contributed by atoms with Gasteiger partial charge in [0.15, 0.2) is 0 Å². The molecule has 3 rings (SSSR count). The van der Waals surface area contributed by atoms with Gasteiger partial charge in [-0.05, 0) is 25.3 Å². The van der Waals surface area contributed by atoms with E-state index >= 15 is 0 Å². The standard InChI is InChI=1S/C11H19NO3/c1-2-3-14-4-5-15-11(13)10-8-6-9(10)12-7-8/h8-10,12H,2-7H2,1H3. The van der Waals surface area contributed by atoms with Gasteiger partial charge in [-0.1, -0.05) is 6.92 Å². The predicted octanol–water partition coefficient (Wildman–Crippen LogP) is 0.564. The second kappa shape index (κ2) is 4.94. The van der Waals surface area contributed by atoms with E-state index in [0.717, 1.165) is 26.0 Å². The molecule has 4 heteroatoms. The molecule has 3 unspecified atom stereocenters. The van der Waals surface area contributed by atoms with Gasteiger partial charge in [-0.25, -0.2) is 0 Å². The average molecular weight is 213 g/mol. The molecule has 3 aliphatic rings. The third-order valence-corrected chi connectivity index (χ3v) is 3.23. The van der Waals surface area contributed by atoms with Crippen LogP contribution < -0.4 is 5.32 Å². The summed E-state index contributed by atoms with van der Waals surface area (Å²) in [6, 6.07) is 0.388. The van der Waals surface area contributed by atoms with Crippen LogP contribution >= 0.6 is 0 Å². The fourth-order valence-corrected chi connectivity index (χ4v) is 2.38. The van der Waals surface area contributed by atoms with Gasteiger partial charge in [0.1, 0.15) is 6.61 Å². The Bertz CT molecular complexity index is 218. The van der Waals surface area contributed by atoms with Crippen LogP contribution in [0.5, 0.6) is 0 Å². The van der Waals surface area contributed by atoms with Crippen molar-refractivity contribution >= 4 is 5.97 Å². The Labute approximate surface area is 90.3 Å². The van der Waals surface area contributed by atoms with E-state index in [4.69, 9.17) is 9.47 Å². The van der Waals surface area contributed by atoms with Crippen LogP contribution in [0.3, 0.4) is 0 Å². The first-order valence-corrected chi connectivity index (χ1v) is 5.80. The summed E-state index contributed by atoms with van der Waals surface area (Å²) in [6.45, 7) is 4.71. The van der Waals surface area contributed by atoms with Gasteiger partial charge in [-0.3, -0.25) is 4.79 Å². The van der Waals surface area contributed by atoms with E-state index in [0.29, 0.717) is 25.2 Å². The van der Waals surface area contributed by atoms with E-state index in [1.807, 2.05) is 0 Å². The monoisotopic (exact) mass is 213 g/mol. The SMILES string of the molecule is CCCOCCOC(=O)C1C2CNC1C2. The lowest BCUT2D eigenvalue weighted by molar-refractivity contribution is -0.155. The topological polar surface area (TPSA) is 47.6 Å². The summed E-state index contributed by atoms with van der Waals surface area (Å²) in [5.74, 6) is 0.608. The molecule has 0 radical (unpaired) electrons. The maximum absolute atomic E-state index is 11.6. The number of nitrogens with one attached hydrogen (secondary N) is 1. The number of fused-ring (bicyclic) bond motifs is 1. The number of esters is 1. The zero-order valence-corrected chi connectivity index (χ0v) is 9.20. The average Bonchev–Trinajstić information content (AvgIpc) is 2.79. The molecule has 15 heavy (non-hydrogen) atoms. The van der Waals surface area contributed by atoms with Crippen molar-refractivity contribution in [3.63, 3.8) is 0 Å². The van der Waals surface area contributed by atoms with Crippen molar-refractivity contribution in [3.05, 3.63) is 0 Å². The van der Waals surface area contributed by atoms with E-state index in [-0.39, 0.29) is 11.9 Å². The van der Waals surface area contributed by atoms with Gasteiger partial charge in [0.2, 0.25) is 0 Å². The van der Waals surface area contributed by atoms with Crippen LogP contribution in [-0.2, 0) is 14.3 Å². The van der Waals surface area contributed by atoms with Gasteiger partial charge in [0.25, 0.3) is 0 Å². The minimum Gasteiger partial charge on any atom is -0.463 e. The number of rotatable bonds is 6. The first-order valence-electron chi connectivity index (χ1n) is 5.80. The molecule has 2 heterocycles. The fraction of sp³-hybridized carbons (Fsp3) is 0.909. The summed E-state index contributed by atoms with van der Waals surface area (Å²) < 4.78 is 10.4. The number of carbonyl (C=O) groups is 1. The molecule has 0 aromatic carbocycles. The van der Waals surface area contributed by atoms with E-state index in [9.17, 15) is 4.79 Å². The van der Waals surface area contributed by atoms with Gasteiger partial charge < -0.3 is 14.8 Å². The Morgan fingerprint density at radius 2 is 2.27 bits per heavy atom. The zero-order valence-electron chi connectivity index (χ0n) is 9.20. The maximum atomic E-state index is 11.6. The van der Waals surface area contributed by atoms with Crippen LogP contribution in [0.1, 0.15) is 19.8 Å². The number of hydrogen-bond donors (Lipinski definition) is 1. The Morgan fingerprint density at radius 3 is 2.87 bits per heavy atom. The first kappa shape index (κ1) is 10.9. The second-order valence-electron chi connectivity index (χ2n) is 4.32. The molecule has 2 aliphatic heterocycles. The van der Waals surface area contributed by atoms with Crippen molar-refractivity contribution in [1.29, 1.82) is 0 Å². The van der Waals surface area contributed by atoms with Crippen LogP contribution in [0.25, 0.3) is 0 Å². The predicted molar refractivity (Wildman–Crippen MR) is 55.5 cm³/mol. The van der Waals surface area contributed by atoms with E-state index < -0.39 is 0 Å². The van der Waals surface area contributed by atoms with Gasteiger partial charge >= 0.3 is 5.97 Å². The molecule has 1 aliphatic carbocycles. The van der Waals surface area contributed by atoms with Crippen molar-refractivity contribution in [3.8, 4) is 0 Å². The molecular formula is C11H19NO3. The van der Waals surface area contributed by atoms with Crippen LogP contribution in [0, 0.1) is 11.8 Å². The molecule has 3 fully saturated rings. The van der Waals surface area contributed by atoms with Crippen LogP contribution in [-0.4, -0.2) is 38.4 Å². The zero-order chi connectivity index (χ0) is 10.7. The molecule has 86 valence electrons. The van der Waals surface area contributed by atoms with Crippen molar-refractivity contribution in [2.24, 2.45) is 11.8 Å². The molecule has 0 spiro atoms. The Morgan fingerprint density at radius 1 is 1.40 bits per heavy atom. The van der Waals surface area contributed by atoms with Crippen molar-refractivity contribution in [2.75, 3.05) is 26.4 Å². The van der Waals surface area contributed by atoms with Crippen LogP contribution in [0.4, 0.5) is 0 Å². The Hall–Kier alpha value is -0.610. The minimum absolute atomic E-state index is 0.0404. The summed E-state index contributed by atoms with van der Waals surface area (Å²) in [5, 5.41) is 3.30. The lowest BCUT2D eigenvalue weighted by Gasteiger charge is -2.32. The molecule has 1 N–H and O–H groups in total. The molecule has 2 saturated heterocycles. The quantitative estimate of drug-likeness (QED) is 0.517. The number of hydrogen-bond acceptors (Lipinski definition) is 4. The highest BCUT2D eigenvalue weighted by molar-refractivity contribution is 5.75. The van der Waals surface area contributed by atoms with Gasteiger partial charge in [-0.15, -0.1) is 0 Å². The highest BCUT2D eigenvalue weighted by Crippen LogP contribution is 2.40. The molecule has 4 nitrogen and oxygen atoms in total. The van der Waals surface area contributed by atoms with Gasteiger partial charge in [0, 0.05) is 12.6 Å². The number of ether oxygens (including phenoxy) is 2. The summed E-state index contributed by atoms with van der Waals surface area (Å²) in [7, 11) is 0.